The maximum atomic E-state index is 13.7. The van der Waals surface area contributed by atoms with Crippen LogP contribution in [0.5, 0.6) is 0 Å². The number of carbonyl (C=O) groups excluding carboxylic acids is 1. The average molecular weight is 361 g/mol. The van der Waals surface area contributed by atoms with Gasteiger partial charge in [-0.15, -0.1) is 0 Å². The molecule has 1 aliphatic rings. The van der Waals surface area contributed by atoms with Crippen LogP contribution in [0.2, 0.25) is 0 Å². The number of morpholine rings is 1. The number of carbonyl (C=O) groups is 1. The molecule has 1 fully saturated rings. The minimum atomic E-state index is -0.679. The predicted molar refractivity (Wildman–Crippen MR) is 97.5 cm³/mol. The number of benzene rings is 2. The number of hydrogen-bond acceptors (Lipinski definition) is 4. The van der Waals surface area contributed by atoms with E-state index in [0.29, 0.717) is 13.2 Å². The lowest BCUT2D eigenvalue weighted by atomic mass is 10.2. The Morgan fingerprint density at radius 1 is 1.15 bits per heavy atom. The Morgan fingerprint density at radius 2 is 1.92 bits per heavy atom. The van der Waals surface area contributed by atoms with E-state index in [-0.39, 0.29) is 5.69 Å². The predicted octanol–water partition coefficient (Wildman–Crippen LogP) is 3.24. The minimum absolute atomic E-state index is 0.175. The van der Waals surface area contributed by atoms with Crippen LogP contribution < -0.4 is 15.5 Å². The molecule has 3 rings (SSSR count). The summed E-state index contributed by atoms with van der Waals surface area (Å²) in [6, 6.07) is 10.0. The number of rotatable bonds is 5. The number of halogens is 2. The van der Waals surface area contributed by atoms with Crippen molar-refractivity contribution < 1.29 is 18.3 Å². The van der Waals surface area contributed by atoms with Crippen molar-refractivity contribution >= 4 is 23.0 Å². The fourth-order valence-corrected chi connectivity index (χ4v) is 2.76. The molecule has 0 bridgehead atoms. The quantitative estimate of drug-likeness (QED) is 0.859. The number of ether oxygens (including phenoxy) is 1. The van der Waals surface area contributed by atoms with E-state index in [1.165, 1.54) is 0 Å². The average Bonchev–Trinajstić information content (AvgIpc) is 2.65. The third-order valence-corrected chi connectivity index (χ3v) is 4.19. The van der Waals surface area contributed by atoms with E-state index in [9.17, 15) is 13.6 Å². The summed E-state index contributed by atoms with van der Waals surface area (Å²) in [5.41, 5.74) is 1.64. The van der Waals surface area contributed by atoms with Crippen molar-refractivity contribution in [1.82, 2.24) is 0 Å². The van der Waals surface area contributed by atoms with Crippen molar-refractivity contribution in [2.45, 2.75) is 13.0 Å². The molecule has 0 aromatic heterocycles. The second-order valence-electron chi connectivity index (χ2n) is 6.13. The minimum Gasteiger partial charge on any atom is -0.378 e. The van der Waals surface area contributed by atoms with E-state index >= 15 is 0 Å². The Hall–Kier alpha value is -2.67. The molecular formula is C19H21F2N3O2. The molecule has 0 radical (unpaired) electrons. The van der Waals surface area contributed by atoms with E-state index in [0.717, 1.165) is 42.7 Å². The van der Waals surface area contributed by atoms with Gasteiger partial charge in [0.25, 0.3) is 0 Å². The van der Waals surface area contributed by atoms with Crippen molar-refractivity contribution in [3.8, 4) is 0 Å². The van der Waals surface area contributed by atoms with Gasteiger partial charge in [-0.3, -0.25) is 4.79 Å². The van der Waals surface area contributed by atoms with E-state index in [4.69, 9.17) is 4.74 Å². The first-order valence-electron chi connectivity index (χ1n) is 8.48. The van der Waals surface area contributed by atoms with Gasteiger partial charge in [-0.2, -0.15) is 0 Å². The van der Waals surface area contributed by atoms with Crippen molar-refractivity contribution in [2.75, 3.05) is 41.8 Å². The van der Waals surface area contributed by atoms with Crippen LogP contribution in [0.15, 0.2) is 42.5 Å². The first-order valence-corrected chi connectivity index (χ1v) is 8.48. The summed E-state index contributed by atoms with van der Waals surface area (Å²) in [6.07, 6.45) is 0. The highest BCUT2D eigenvalue weighted by molar-refractivity contribution is 5.96. The summed E-state index contributed by atoms with van der Waals surface area (Å²) >= 11 is 0. The lowest BCUT2D eigenvalue weighted by molar-refractivity contribution is -0.116. The fraction of sp³-hybridized carbons (Fsp3) is 0.316. The number of amides is 1. The normalized spacial score (nSPS) is 15.4. The van der Waals surface area contributed by atoms with E-state index in [1.54, 1.807) is 6.92 Å². The Morgan fingerprint density at radius 3 is 2.69 bits per heavy atom. The summed E-state index contributed by atoms with van der Waals surface area (Å²) < 4.78 is 32.2. The van der Waals surface area contributed by atoms with Crippen LogP contribution in [0, 0.1) is 11.6 Å². The van der Waals surface area contributed by atoms with Gasteiger partial charge >= 0.3 is 0 Å². The monoisotopic (exact) mass is 361 g/mol. The zero-order valence-corrected chi connectivity index (χ0v) is 14.5. The summed E-state index contributed by atoms with van der Waals surface area (Å²) in [7, 11) is 0. The van der Waals surface area contributed by atoms with Crippen LogP contribution in [0.3, 0.4) is 0 Å². The third-order valence-electron chi connectivity index (χ3n) is 4.19. The van der Waals surface area contributed by atoms with E-state index in [2.05, 4.69) is 15.5 Å². The highest BCUT2D eigenvalue weighted by atomic mass is 19.1. The largest absolute Gasteiger partial charge is 0.378 e. The molecule has 138 valence electrons. The van der Waals surface area contributed by atoms with E-state index < -0.39 is 23.6 Å². The van der Waals surface area contributed by atoms with Crippen LogP contribution in [-0.2, 0) is 9.53 Å². The van der Waals surface area contributed by atoms with Gasteiger partial charge in [-0.25, -0.2) is 8.78 Å². The Bertz CT molecular complexity index is 779. The molecular weight excluding hydrogens is 340 g/mol. The van der Waals surface area contributed by atoms with Gasteiger partial charge in [-0.05, 0) is 37.3 Å². The zero-order valence-electron chi connectivity index (χ0n) is 14.5. The molecule has 0 spiro atoms. The molecule has 5 nitrogen and oxygen atoms in total. The van der Waals surface area contributed by atoms with Crippen LogP contribution in [0.4, 0.5) is 25.8 Å². The second-order valence-corrected chi connectivity index (χ2v) is 6.13. The smallest absolute Gasteiger partial charge is 0.246 e. The molecule has 1 aliphatic heterocycles. The molecule has 1 atom stereocenters. The first kappa shape index (κ1) is 18.1. The Kier molecular flexibility index (Phi) is 5.68. The Balaban J connectivity index is 1.64. The van der Waals surface area contributed by atoms with Gasteiger partial charge in [0.1, 0.15) is 17.7 Å². The van der Waals surface area contributed by atoms with Crippen LogP contribution in [0.25, 0.3) is 0 Å². The molecule has 2 aromatic rings. The maximum absolute atomic E-state index is 13.7. The summed E-state index contributed by atoms with van der Waals surface area (Å²) in [5, 5.41) is 5.49. The van der Waals surface area contributed by atoms with Crippen LogP contribution >= 0.6 is 0 Å². The topological polar surface area (TPSA) is 53.6 Å². The van der Waals surface area contributed by atoms with Crippen molar-refractivity contribution in [3.63, 3.8) is 0 Å². The van der Waals surface area contributed by atoms with Gasteiger partial charge in [0, 0.05) is 30.5 Å². The standard InChI is InChI=1S/C19H21F2N3O2/c1-13(19(25)23-18-11-14(20)5-6-17(18)21)22-15-3-2-4-16(12-15)24-7-9-26-10-8-24/h2-6,11-13,22H,7-10H2,1H3,(H,23,25). The number of nitrogens with zero attached hydrogens (tertiary/aromatic N) is 1. The summed E-state index contributed by atoms with van der Waals surface area (Å²) in [6.45, 7) is 4.68. The van der Waals surface area contributed by atoms with Crippen molar-refractivity contribution in [3.05, 3.63) is 54.1 Å². The van der Waals surface area contributed by atoms with Gasteiger partial charge in [0.2, 0.25) is 5.91 Å². The molecule has 26 heavy (non-hydrogen) atoms. The molecule has 1 saturated heterocycles. The van der Waals surface area contributed by atoms with Gasteiger partial charge < -0.3 is 20.3 Å². The Labute approximate surface area is 151 Å². The zero-order chi connectivity index (χ0) is 18.5. The highest BCUT2D eigenvalue weighted by Crippen LogP contribution is 2.21. The van der Waals surface area contributed by atoms with E-state index in [1.807, 2.05) is 24.3 Å². The SMILES string of the molecule is CC(Nc1cccc(N2CCOCC2)c1)C(=O)Nc1cc(F)ccc1F. The van der Waals surface area contributed by atoms with Crippen LogP contribution in [-0.4, -0.2) is 38.3 Å². The lowest BCUT2D eigenvalue weighted by Gasteiger charge is -2.29. The summed E-state index contributed by atoms with van der Waals surface area (Å²) in [4.78, 5) is 14.5. The molecule has 2 N–H and O–H groups in total. The third kappa shape index (κ3) is 4.49. The molecule has 0 aliphatic carbocycles. The maximum Gasteiger partial charge on any atom is 0.246 e. The van der Waals surface area contributed by atoms with Crippen LogP contribution in [0.1, 0.15) is 6.92 Å². The second kappa shape index (κ2) is 8.14. The molecule has 1 unspecified atom stereocenters. The van der Waals surface area contributed by atoms with Gasteiger partial charge in [0.05, 0.1) is 18.9 Å². The molecule has 0 saturated carbocycles. The fourth-order valence-electron chi connectivity index (χ4n) is 2.76. The number of hydrogen-bond donors (Lipinski definition) is 2. The first-order chi connectivity index (χ1) is 12.5. The molecule has 2 aromatic carbocycles. The van der Waals surface area contributed by atoms with Gasteiger partial charge in [0.15, 0.2) is 0 Å². The van der Waals surface area contributed by atoms with Crippen molar-refractivity contribution in [1.29, 1.82) is 0 Å². The number of nitrogens with one attached hydrogen (secondary N) is 2. The molecule has 1 amide bonds. The van der Waals surface area contributed by atoms with Gasteiger partial charge in [-0.1, -0.05) is 6.07 Å². The molecule has 7 heteroatoms. The van der Waals surface area contributed by atoms with Crippen molar-refractivity contribution in [2.24, 2.45) is 0 Å². The highest BCUT2D eigenvalue weighted by Gasteiger charge is 2.16. The lowest BCUT2D eigenvalue weighted by Crippen LogP contribution is -2.36. The molecule has 1 heterocycles. The number of anilines is 3. The summed E-state index contributed by atoms with van der Waals surface area (Å²) in [5.74, 6) is -1.74.